The Bertz CT molecular complexity index is 288. The van der Waals surface area contributed by atoms with Crippen molar-refractivity contribution in [3.8, 4) is 0 Å². The molecule has 1 saturated heterocycles. The van der Waals surface area contributed by atoms with Gasteiger partial charge in [-0.2, -0.15) is 10.1 Å². The van der Waals surface area contributed by atoms with Crippen molar-refractivity contribution in [2.75, 3.05) is 26.2 Å². The molecule has 0 bridgehead atoms. The summed E-state index contributed by atoms with van der Waals surface area (Å²) >= 11 is 18.0. The smallest absolute Gasteiger partial charge is 0.185 e. The highest BCUT2D eigenvalue weighted by Gasteiger charge is 2.27. The molecule has 98 valence electrons. The minimum atomic E-state index is 0.0708. The molecule has 0 saturated carbocycles. The van der Waals surface area contributed by atoms with Gasteiger partial charge in [0.1, 0.15) is 0 Å². The van der Waals surface area contributed by atoms with Crippen LogP contribution in [0.4, 0.5) is 0 Å². The highest BCUT2D eigenvalue weighted by atomic mass is 32.1. The number of hydrazine groups is 2. The molecular weight excluding hydrogens is 302 g/mol. The summed E-state index contributed by atoms with van der Waals surface area (Å²) in [7, 11) is 0. The number of thiol groups is 2. The van der Waals surface area contributed by atoms with Crippen molar-refractivity contribution in [3.63, 3.8) is 0 Å². The van der Waals surface area contributed by atoms with E-state index >= 15 is 0 Å². The molecule has 0 aromatic heterocycles. The van der Waals surface area contributed by atoms with E-state index in [4.69, 9.17) is 34.6 Å². The maximum Gasteiger partial charge on any atom is 0.185 e. The molecule has 1 fully saturated rings. The van der Waals surface area contributed by atoms with Crippen LogP contribution in [0.5, 0.6) is 0 Å². The molecule has 0 radical (unpaired) electrons. The Kier molecular flexibility index (Phi) is 6.91. The summed E-state index contributed by atoms with van der Waals surface area (Å²) in [6.07, 6.45) is 0. The Morgan fingerprint density at radius 3 is 2.29 bits per heavy atom. The summed E-state index contributed by atoms with van der Waals surface area (Å²) in [6.45, 7) is 2.99. The van der Waals surface area contributed by atoms with Crippen LogP contribution < -0.4 is 11.0 Å². The summed E-state index contributed by atoms with van der Waals surface area (Å²) in [5.74, 6) is 0. The molecule has 0 spiro atoms. The molecule has 11 heteroatoms. The number of nitrogens with one attached hydrogen (secondary N) is 2. The van der Waals surface area contributed by atoms with Gasteiger partial charge in [0.25, 0.3) is 0 Å². The van der Waals surface area contributed by atoms with E-state index in [2.05, 4.69) is 30.6 Å². The summed E-state index contributed by atoms with van der Waals surface area (Å²) < 4.78 is 0.292. The first-order valence-electron chi connectivity index (χ1n) is 4.65. The molecule has 0 aromatic rings. The van der Waals surface area contributed by atoms with Crippen LogP contribution in [0.25, 0.3) is 0 Å². The molecule has 7 nitrogen and oxygen atoms in total. The van der Waals surface area contributed by atoms with Gasteiger partial charge in [-0.1, -0.05) is 5.64 Å². The van der Waals surface area contributed by atoms with Gasteiger partial charge in [-0.15, -0.1) is 35.4 Å². The second-order valence-corrected chi connectivity index (χ2v) is 5.24. The molecule has 0 unspecified atom stereocenters. The molecule has 1 aliphatic heterocycles. The zero-order chi connectivity index (χ0) is 12.8. The van der Waals surface area contributed by atoms with Gasteiger partial charge in [0.15, 0.2) is 8.64 Å². The minimum absolute atomic E-state index is 0.0708. The van der Waals surface area contributed by atoms with Gasteiger partial charge >= 0.3 is 0 Å². The first kappa shape index (κ1) is 15.3. The lowest BCUT2D eigenvalue weighted by atomic mass is 10.4. The number of rotatable bonds is 3. The summed E-state index contributed by atoms with van der Waals surface area (Å²) in [5.41, 5.74) is 1.54. The monoisotopic (exact) mass is 315 g/mol. The molecule has 1 heterocycles. The molecule has 17 heavy (non-hydrogen) atoms. The third-order valence-corrected chi connectivity index (χ3v) is 2.66. The fraction of sp³-hybridized carbons (Fsp3) is 0.667. The SMILES string of the molecule is ONON(C(=S)S)N(C(=S)S)N1CCNCC1. The third kappa shape index (κ3) is 4.46. The van der Waals surface area contributed by atoms with E-state index in [1.807, 2.05) is 5.01 Å². The normalized spacial score (nSPS) is 16.6. The average molecular weight is 315 g/mol. The van der Waals surface area contributed by atoms with E-state index in [0.29, 0.717) is 13.1 Å². The molecule has 0 amide bonds. The van der Waals surface area contributed by atoms with Gasteiger partial charge in [-0.05, 0) is 24.4 Å². The molecule has 1 rings (SSSR count). The predicted molar refractivity (Wildman–Crippen MR) is 77.3 cm³/mol. The van der Waals surface area contributed by atoms with Gasteiger partial charge < -0.3 is 5.32 Å². The van der Waals surface area contributed by atoms with Crippen LogP contribution >= 0.6 is 49.7 Å². The maximum atomic E-state index is 8.58. The van der Waals surface area contributed by atoms with Crippen molar-refractivity contribution in [3.05, 3.63) is 0 Å². The van der Waals surface area contributed by atoms with E-state index in [1.54, 1.807) is 0 Å². The fourth-order valence-corrected chi connectivity index (χ4v) is 1.99. The lowest BCUT2D eigenvalue weighted by Gasteiger charge is -2.41. The first-order chi connectivity index (χ1) is 8.07. The Labute approximate surface area is 121 Å². The Hall–Kier alpha value is 0.280. The van der Waals surface area contributed by atoms with Crippen molar-refractivity contribution >= 4 is 58.3 Å². The quantitative estimate of drug-likeness (QED) is 0.271. The van der Waals surface area contributed by atoms with E-state index < -0.39 is 0 Å². The topological polar surface area (TPSA) is 63.2 Å². The van der Waals surface area contributed by atoms with Crippen LogP contribution in [-0.4, -0.2) is 55.3 Å². The van der Waals surface area contributed by atoms with Crippen LogP contribution in [-0.2, 0) is 4.94 Å². The predicted octanol–water partition coefficient (Wildman–Crippen LogP) is -0.420. The number of piperazine rings is 1. The van der Waals surface area contributed by atoms with E-state index in [9.17, 15) is 0 Å². The number of hydrogen-bond donors (Lipinski definition) is 5. The highest BCUT2D eigenvalue weighted by molar-refractivity contribution is 8.11. The minimum Gasteiger partial charge on any atom is -0.314 e. The standard InChI is InChI=1S/C6H13N5O2S4/c12-8-13-11(6(16)17)10(5(14)15)9-3-1-7-2-4-9/h7-8,12H,1-4H2,(H,14,15)(H,16,17). The lowest BCUT2D eigenvalue weighted by Crippen LogP contribution is -2.60. The highest BCUT2D eigenvalue weighted by Crippen LogP contribution is 2.12. The van der Waals surface area contributed by atoms with Gasteiger partial charge in [0, 0.05) is 26.2 Å². The average Bonchev–Trinajstić information content (AvgIpc) is 2.29. The van der Waals surface area contributed by atoms with Crippen LogP contribution in [0.15, 0.2) is 0 Å². The summed E-state index contributed by atoms with van der Waals surface area (Å²) in [4.78, 5) is 4.73. The Balaban J connectivity index is 2.80. The van der Waals surface area contributed by atoms with Gasteiger partial charge in [0.05, 0.1) is 0 Å². The van der Waals surface area contributed by atoms with E-state index in [-0.39, 0.29) is 8.64 Å². The third-order valence-electron chi connectivity index (χ3n) is 2.00. The van der Waals surface area contributed by atoms with Gasteiger partial charge in [0.2, 0.25) is 0 Å². The van der Waals surface area contributed by atoms with Crippen molar-refractivity contribution < 1.29 is 10.1 Å². The number of hydrogen-bond acceptors (Lipinski definition) is 7. The lowest BCUT2D eigenvalue weighted by molar-refractivity contribution is -0.342. The molecule has 0 aromatic carbocycles. The van der Waals surface area contributed by atoms with Crippen molar-refractivity contribution in [2.24, 2.45) is 0 Å². The second-order valence-electron chi connectivity index (χ2n) is 3.01. The Morgan fingerprint density at radius 2 is 1.88 bits per heavy atom. The van der Waals surface area contributed by atoms with E-state index in [1.165, 1.54) is 10.8 Å². The van der Waals surface area contributed by atoms with Crippen molar-refractivity contribution in [1.29, 1.82) is 0 Å². The second kappa shape index (κ2) is 7.66. The van der Waals surface area contributed by atoms with Crippen molar-refractivity contribution in [2.45, 2.75) is 0 Å². The van der Waals surface area contributed by atoms with Crippen molar-refractivity contribution in [1.82, 2.24) is 26.3 Å². The summed E-state index contributed by atoms with van der Waals surface area (Å²) in [6, 6.07) is 0. The van der Waals surface area contributed by atoms with E-state index in [0.717, 1.165) is 18.3 Å². The Morgan fingerprint density at radius 1 is 1.29 bits per heavy atom. The summed E-state index contributed by atoms with van der Waals surface area (Å²) in [5, 5.41) is 16.1. The largest absolute Gasteiger partial charge is 0.314 e. The molecule has 0 aliphatic carbocycles. The van der Waals surface area contributed by atoms with Crippen LogP contribution in [0.3, 0.4) is 0 Å². The molecular formula is C6H13N5O2S4. The zero-order valence-electron chi connectivity index (χ0n) is 8.74. The first-order valence-corrected chi connectivity index (χ1v) is 6.36. The van der Waals surface area contributed by atoms with Crippen LogP contribution in [0.1, 0.15) is 0 Å². The number of hydroxylamine groups is 1. The van der Waals surface area contributed by atoms with Crippen LogP contribution in [0.2, 0.25) is 0 Å². The number of thiocarbonyl (C=S) groups is 2. The zero-order valence-corrected chi connectivity index (χ0v) is 12.2. The van der Waals surface area contributed by atoms with Gasteiger partial charge in [-0.25, -0.2) is 0 Å². The fourth-order valence-electron chi connectivity index (χ4n) is 1.35. The molecule has 1 aliphatic rings. The molecule has 0 atom stereocenters. The molecule has 3 N–H and O–H groups in total. The number of nitrogens with zero attached hydrogens (tertiary/aromatic N) is 3. The van der Waals surface area contributed by atoms with Gasteiger partial charge in [-0.3, -0.25) is 5.21 Å². The maximum absolute atomic E-state index is 8.58. The van der Waals surface area contributed by atoms with Crippen LogP contribution in [0, 0.1) is 0 Å².